The maximum atomic E-state index is 12.1. The SMILES string of the molecule is CC(=O)C=C/C=C(\N)C(=O)NCCN(CCNC(=O)c1cccc(=O)n1O)C(C)C. The van der Waals surface area contributed by atoms with Crippen LogP contribution in [-0.4, -0.2) is 64.7 Å². The van der Waals surface area contributed by atoms with E-state index >= 15 is 0 Å². The van der Waals surface area contributed by atoms with Gasteiger partial charge in [0, 0.05) is 38.3 Å². The molecule has 30 heavy (non-hydrogen) atoms. The lowest BCUT2D eigenvalue weighted by atomic mass is 10.3. The second-order valence-corrected chi connectivity index (χ2v) is 6.79. The molecule has 1 rings (SSSR count). The summed E-state index contributed by atoms with van der Waals surface area (Å²) in [5.74, 6) is -1.15. The van der Waals surface area contributed by atoms with Crippen molar-refractivity contribution in [1.82, 2.24) is 20.3 Å². The molecule has 0 saturated heterocycles. The summed E-state index contributed by atoms with van der Waals surface area (Å²) in [6.45, 7) is 6.99. The van der Waals surface area contributed by atoms with Crippen LogP contribution >= 0.6 is 0 Å². The Bertz CT molecular complexity index is 873. The molecule has 0 aromatic carbocycles. The van der Waals surface area contributed by atoms with E-state index in [4.69, 9.17) is 5.73 Å². The number of hydrogen-bond donors (Lipinski definition) is 4. The predicted octanol–water partition coefficient (Wildman–Crippen LogP) is -0.370. The number of pyridine rings is 1. The van der Waals surface area contributed by atoms with Crippen molar-refractivity contribution in [2.75, 3.05) is 26.2 Å². The molecule has 0 saturated carbocycles. The van der Waals surface area contributed by atoms with E-state index in [1.165, 1.54) is 37.3 Å². The molecule has 164 valence electrons. The highest BCUT2D eigenvalue weighted by atomic mass is 16.5. The van der Waals surface area contributed by atoms with Crippen molar-refractivity contribution >= 4 is 17.6 Å². The van der Waals surface area contributed by atoms with Gasteiger partial charge >= 0.3 is 0 Å². The van der Waals surface area contributed by atoms with Gasteiger partial charge in [0.1, 0.15) is 5.69 Å². The highest BCUT2D eigenvalue weighted by molar-refractivity contribution is 5.93. The Morgan fingerprint density at radius 3 is 2.43 bits per heavy atom. The summed E-state index contributed by atoms with van der Waals surface area (Å²) in [5, 5.41) is 15.0. The molecule has 1 aromatic heterocycles. The maximum Gasteiger partial charge on any atom is 0.283 e. The number of carbonyl (C=O) groups is 3. The fourth-order valence-corrected chi connectivity index (χ4v) is 2.46. The first-order valence-electron chi connectivity index (χ1n) is 9.49. The summed E-state index contributed by atoms with van der Waals surface area (Å²) in [6.07, 6.45) is 4.08. The van der Waals surface area contributed by atoms with Gasteiger partial charge in [0.15, 0.2) is 5.78 Å². The van der Waals surface area contributed by atoms with Gasteiger partial charge in [0.2, 0.25) is 0 Å². The molecule has 0 aliphatic rings. The summed E-state index contributed by atoms with van der Waals surface area (Å²) in [5.41, 5.74) is 4.81. The minimum Gasteiger partial charge on any atom is -0.425 e. The normalized spacial score (nSPS) is 11.8. The van der Waals surface area contributed by atoms with Crippen LogP contribution < -0.4 is 21.9 Å². The first-order valence-corrected chi connectivity index (χ1v) is 9.49. The van der Waals surface area contributed by atoms with Gasteiger partial charge in [-0.15, -0.1) is 4.73 Å². The molecule has 10 heteroatoms. The summed E-state index contributed by atoms with van der Waals surface area (Å²) < 4.78 is 0.300. The number of aromatic nitrogens is 1. The Hall–Kier alpha value is -3.40. The number of nitrogens with two attached hydrogens (primary N) is 1. The molecule has 0 atom stereocenters. The van der Waals surface area contributed by atoms with E-state index in [-0.39, 0.29) is 29.8 Å². The topological polar surface area (TPSA) is 147 Å². The van der Waals surface area contributed by atoms with E-state index in [0.29, 0.717) is 24.4 Å². The van der Waals surface area contributed by atoms with Crippen molar-refractivity contribution in [2.24, 2.45) is 5.73 Å². The van der Waals surface area contributed by atoms with E-state index in [9.17, 15) is 24.4 Å². The standard InChI is InChI=1S/C20H29N5O5/c1-14(2)24(12-10-22-19(28)16(21)7-4-6-15(3)26)13-11-23-20(29)17-8-5-9-18(27)25(17)30/h4-9,14,30H,10-13,21H2,1-3H3,(H,22,28)(H,23,29)/b6-4?,16-7-. The average molecular weight is 419 g/mol. The summed E-state index contributed by atoms with van der Waals surface area (Å²) in [4.78, 5) is 48.3. The summed E-state index contributed by atoms with van der Waals surface area (Å²) >= 11 is 0. The number of rotatable bonds is 11. The second kappa shape index (κ2) is 12.2. The molecule has 10 nitrogen and oxygen atoms in total. The molecule has 0 radical (unpaired) electrons. The van der Waals surface area contributed by atoms with Crippen LogP contribution in [0, 0.1) is 0 Å². The van der Waals surface area contributed by atoms with Gasteiger partial charge in [0.05, 0.1) is 5.70 Å². The van der Waals surface area contributed by atoms with Gasteiger partial charge in [-0.25, -0.2) is 0 Å². The smallest absolute Gasteiger partial charge is 0.283 e. The van der Waals surface area contributed by atoms with Crippen LogP contribution in [0.4, 0.5) is 0 Å². The van der Waals surface area contributed by atoms with Gasteiger partial charge in [-0.1, -0.05) is 12.1 Å². The minimum absolute atomic E-state index is 0.00577. The van der Waals surface area contributed by atoms with Crippen LogP contribution in [0.25, 0.3) is 0 Å². The lowest BCUT2D eigenvalue weighted by Crippen LogP contribution is -2.43. The zero-order valence-corrected chi connectivity index (χ0v) is 17.4. The Labute approximate surface area is 175 Å². The largest absolute Gasteiger partial charge is 0.425 e. The van der Waals surface area contributed by atoms with Crippen LogP contribution in [0.1, 0.15) is 31.3 Å². The van der Waals surface area contributed by atoms with Crippen molar-refractivity contribution in [3.8, 4) is 0 Å². The van der Waals surface area contributed by atoms with Crippen LogP contribution in [0.2, 0.25) is 0 Å². The van der Waals surface area contributed by atoms with Crippen LogP contribution in [-0.2, 0) is 9.59 Å². The van der Waals surface area contributed by atoms with E-state index in [1.54, 1.807) is 0 Å². The number of nitrogens with zero attached hydrogens (tertiary/aromatic N) is 2. The number of carbonyl (C=O) groups excluding carboxylic acids is 3. The molecule has 0 spiro atoms. The molecule has 0 fully saturated rings. The zero-order chi connectivity index (χ0) is 22.7. The van der Waals surface area contributed by atoms with Gasteiger partial charge in [-0.2, -0.15) is 0 Å². The predicted molar refractivity (Wildman–Crippen MR) is 112 cm³/mol. The summed E-state index contributed by atoms with van der Waals surface area (Å²) in [7, 11) is 0. The number of nitrogens with one attached hydrogen (secondary N) is 2. The molecule has 1 aromatic rings. The number of hydrogen-bond acceptors (Lipinski definition) is 7. The van der Waals surface area contributed by atoms with Gasteiger partial charge in [-0.3, -0.25) is 24.1 Å². The van der Waals surface area contributed by atoms with Crippen molar-refractivity contribution in [2.45, 2.75) is 26.8 Å². The third-order valence-electron chi connectivity index (χ3n) is 4.13. The average Bonchev–Trinajstić information content (AvgIpc) is 2.67. The van der Waals surface area contributed by atoms with Crippen LogP contribution in [0.5, 0.6) is 0 Å². The lowest BCUT2D eigenvalue weighted by molar-refractivity contribution is -0.117. The van der Waals surface area contributed by atoms with Crippen molar-refractivity contribution in [3.63, 3.8) is 0 Å². The van der Waals surface area contributed by atoms with Crippen molar-refractivity contribution in [1.29, 1.82) is 0 Å². The number of amides is 2. The molecule has 0 aliphatic heterocycles. The van der Waals surface area contributed by atoms with E-state index in [2.05, 4.69) is 10.6 Å². The number of ketones is 1. The molecular formula is C20H29N5O5. The first-order chi connectivity index (χ1) is 14.1. The van der Waals surface area contributed by atoms with E-state index in [0.717, 1.165) is 6.07 Å². The van der Waals surface area contributed by atoms with Gasteiger partial charge in [-0.05, 0) is 39.0 Å². The molecule has 2 amide bonds. The second-order valence-electron chi connectivity index (χ2n) is 6.79. The highest BCUT2D eigenvalue weighted by Crippen LogP contribution is 1.98. The molecule has 0 aliphatic carbocycles. The fourth-order valence-electron chi connectivity index (χ4n) is 2.46. The van der Waals surface area contributed by atoms with Crippen LogP contribution in [0.3, 0.4) is 0 Å². The summed E-state index contributed by atoms with van der Waals surface area (Å²) in [6, 6.07) is 4.03. The van der Waals surface area contributed by atoms with Gasteiger partial charge < -0.3 is 21.6 Å². The van der Waals surface area contributed by atoms with E-state index in [1.807, 2.05) is 18.7 Å². The van der Waals surface area contributed by atoms with Gasteiger partial charge in [0.25, 0.3) is 17.4 Å². The zero-order valence-electron chi connectivity index (χ0n) is 17.4. The van der Waals surface area contributed by atoms with Crippen molar-refractivity contribution in [3.05, 3.63) is 58.2 Å². The Morgan fingerprint density at radius 1 is 1.20 bits per heavy atom. The van der Waals surface area contributed by atoms with Crippen LogP contribution in [0.15, 0.2) is 46.9 Å². The Balaban J connectivity index is 2.49. The highest BCUT2D eigenvalue weighted by Gasteiger charge is 2.14. The Kier molecular flexibility index (Phi) is 10.0. The lowest BCUT2D eigenvalue weighted by Gasteiger charge is -2.26. The third kappa shape index (κ3) is 8.31. The molecular weight excluding hydrogens is 390 g/mol. The monoisotopic (exact) mass is 419 g/mol. The van der Waals surface area contributed by atoms with E-state index < -0.39 is 17.4 Å². The maximum absolute atomic E-state index is 12.1. The first kappa shape index (κ1) is 24.6. The number of allylic oxidation sites excluding steroid dienone is 3. The molecule has 0 bridgehead atoms. The Morgan fingerprint density at radius 2 is 1.83 bits per heavy atom. The molecule has 1 heterocycles. The quantitative estimate of drug-likeness (QED) is 0.217. The fraction of sp³-hybridized carbons (Fsp3) is 0.400. The minimum atomic E-state index is -0.688. The van der Waals surface area contributed by atoms with Crippen molar-refractivity contribution < 1.29 is 19.6 Å². The molecule has 0 unspecified atom stereocenters. The molecule has 5 N–H and O–H groups in total. The third-order valence-corrected chi connectivity index (χ3v) is 4.13.